The Balaban J connectivity index is 0.00000240. The van der Waals surface area contributed by atoms with E-state index < -0.39 is 0 Å². The van der Waals surface area contributed by atoms with Gasteiger partial charge in [0.25, 0.3) is 0 Å². The standard InChI is InChI=1S/C27H25N.BrH/c28-27-17-16-24(18-21-10-4-1-5-11-21)25(19-22-12-6-2-7-13-22)26(27)20-23-14-8-3-9-15-23;/h1-17H,18-20,28H2;1H. The lowest BCUT2D eigenvalue weighted by atomic mass is 9.88. The van der Waals surface area contributed by atoms with E-state index in [1.54, 1.807) is 0 Å². The van der Waals surface area contributed by atoms with Gasteiger partial charge in [0.1, 0.15) is 0 Å². The quantitative estimate of drug-likeness (QED) is 0.333. The van der Waals surface area contributed by atoms with Gasteiger partial charge in [-0.05, 0) is 58.7 Å². The number of nitrogen functional groups attached to an aromatic ring is 1. The number of hydrogen-bond donors (Lipinski definition) is 1. The van der Waals surface area contributed by atoms with Crippen LogP contribution in [-0.2, 0) is 19.3 Å². The minimum Gasteiger partial charge on any atom is -0.398 e. The van der Waals surface area contributed by atoms with Crippen molar-refractivity contribution >= 4 is 22.7 Å². The highest BCUT2D eigenvalue weighted by atomic mass is 79.9. The first-order valence-electron chi connectivity index (χ1n) is 9.80. The summed E-state index contributed by atoms with van der Waals surface area (Å²) in [6, 6.07) is 36.2. The van der Waals surface area contributed by atoms with Crippen LogP contribution in [0.15, 0.2) is 103 Å². The predicted molar refractivity (Wildman–Crippen MR) is 129 cm³/mol. The number of rotatable bonds is 6. The average molecular weight is 444 g/mol. The molecule has 4 aromatic carbocycles. The normalized spacial score (nSPS) is 10.3. The van der Waals surface area contributed by atoms with Crippen molar-refractivity contribution in [1.29, 1.82) is 0 Å². The molecular weight excluding hydrogens is 418 g/mol. The second-order valence-electron chi connectivity index (χ2n) is 7.26. The Morgan fingerprint density at radius 2 is 0.862 bits per heavy atom. The summed E-state index contributed by atoms with van der Waals surface area (Å²) in [6.45, 7) is 0. The molecule has 0 aliphatic carbocycles. The third kappa shape index (κ3) is 5.36. The fraction of sp³-hybridized carbons (Fsp3) is 0.111. The van der Waals surface area contributed by atoms with Crippen molar-refractivity contribution in [2.45, 2.75) is 19.3 Å². The Morgan fingerprint density at radius 3 is 1.34 bits per heavy atom. The highest BCUT2D eigenvalue weighted by molar-refractivity contribution is 8.93. The van der Waals surface area contributed by atoms with Gasteiger partial charge in [-0.15, -0.1) is 17.0 Å². The molecule has 4 aromatic rings. The maximum atomic E-state index is 6.49. The van der Waals surface area contributed by atoms with Crippen LogP contribution in [-0.4, -0.2) is 0 Å². The summed E-state index contributed by atoms with van der Waals surface area (Å²) >= 11 is 0. The predicted octanol–water partition coefficient (Wildman–Crippen LogP) is 6.62. The number of halogens is 1. The molecule has 0 aliphatic heterocycles. The van der Waals surface area contributed by atoms with Gasteiger partial charge in [-0.1, -0.05) is 97.1 Å². The van der Waals surface area contributed by atoms with Crippen LogP contribution >= 0.6 is 17.0 Å². The maximum absolute atomic E-state index is 6.49. The summed E-state index contributed by atoms with van der Waals surface area (Å²) in [4.78, 5) is 0. The highest BCUT2D eigenvalue weighted by Gasteiger charge is 2.14. The van der Waals surface area contributed by atoms with Crippen molar-refractivity contribution in [2.24, 2.45) is 0 Å². The summed E-state index contributed by atoms with van der Waals surface area (Å²) in [7, 11) is 0. The zero-order valence-corrected chi connectivity index (χ0v) is 18.1. The smallest absolute Gasteiger partial charge is 0.0353 e. The molecule has 0 saturated carbocycles. The SMILES string of the molecule is Br.Nc1ccc(Cc2ccccc2)c(Cc2ccccc2)c1Cc1ccccc1. The summed E-state index contributed by atoms with van der Waals surface area (Å²) in [6.07, 6.45) is 2.68. The minimum atomic E-state index is 0. The van der Waals surface area contributed by atoms with Gasteiger partial charge >= 0.3 is 0 Å². The first-order valence-corrected chi connectivity index (χ1v) is 9.80. The van der Waals surface area contributed by atoms with Gasteiger partial charge in [0, 0.05) is 5.69 Å². The van der Waals surface area contributed by atoms with Gasteiger partial charge in [0.15, 0.2) is 0 Å². The van der Waals surface area contributed by atoms with Crippen LogP contribution in [0.4, 0.5) is 5.69 Å². The van der Waals surface area contributed by atoms with Gasteiger partial charge in [-0.2, -0.15) is 0 Å². The summed E-state index contributed by atoms with van der Waals surface area (Å²) < 4.78 is 0. The fourth-order valence-electron chi connectivity index (χ4n) is 3.77. The zero-order chi connectivity index (χ0) is 19.2. The van der Waals surface area contributed by atoms with Crippen molar-refractivity contribution in [3.63, 3.8) is 0 Å². The summed E-state index contributed by atoms with van der Waals surface area (Å²) in [5, 5.41) is 0. The molecule has 146 valence electrons. The molecular formula is C27H26BrN. The maximum Gasteiger partial charge on any atom is 0.0353 e. The Morgan fingerprint density at radius 1 is 0.448 bits per heavy atom. The van der Waals surface area contributed by atoms with Crippen molar-refractivity contribution in [1.82, 2.24) is 0 Å². The van der Waals surface area contributed by atoms with E-state index in [2.05, 4.69) is 103 Å². The van der Waals surface area contributed by atoms with E-state index in [9.17, 15) is 0 Å². The molecule has 0 unspecified atom stereocenters. The minimum absolute atomic E-state index is 0. The third-order valence-corrected chi connectivity index (χ3v) is 5.25. The number of benzene rings is 4. The van der Waals surface area contributed by atoms with Crippen LogP contribution in [0.1, 0.15) is 33.4 Å². The lowest BCUT2D eigenvalue weighted by molar-refractivity contribution is 1.04. The van der Waals surface area contributed by atoms with Gasteiger partial charge in [0.2, 0.25) is 0 Å². The van der Waals surface area contributed by atoms with E-state index in [1.807, 2.05) is 0 Å². The molecule has 2 heteroatoms. The number of anilines is 1. The topological polar surface area (TPSA) is 26.0 Å². The molecule has 0 aromatic heterocycles. The molecule has 1 nitrogen and oxygen atoms in total. The molecule has 2 N–H and O–H groups in total. The van der Waals surface area contributed by atoms with Crippen molar-refractivity contribution < 1.29 is 0 Å². The zero-order valence-electron chi connectivity index (χ0n) is 16.4. The van der Waals surface area contributed by atoms with Crippen LogP contribution in [0.5, 0.6) is 0 Å². The van der Waals surface area contributed by atoms with Gasteiger partial charge in [0.05, 0.1) is 0 Å². The van der Waals surface area contributed by atoms with Crippen LogP contribution in [0.25, 0.3) is 0 Å². The molecule has 0 radical (unpaired) electrons. The molecule has 0 saturated heterocycles. The molecule has 29 heavy (non-hydrogen) atoms. The molecule has 0 bridgehead atoms. The number of hydrogen-bond acceptors (Lipinski definition) is 1. The highest BCUT2D eigenvalue weighted by Crippen LogP contribution is 2.28. The van der Waals surface area contributed by atoms with Crippen LogP contribution in [0.2, 0.25) is 0 Å². The Kier molecular flexibility index (Phi) is 7.26. The number of nitrogens with two attached hydrogens (primary N) is 1. The largest absolute Gasteiger partial charge is 0.398 e. The van der Waals surface area contributed by atoms with Crippen molar-refractivity contribution in [3.8, 4) is 0 Å². The molecule has 0 amide bonds. The molecule has 0 fully saturated rings. The fourth-order valence-corrected chi connectivity index (χ4v) is 3.77. The third-order valence-electron chi connectivity index (χ3n) is 5.25. The van der Waals surface area contributed by atoms with E-state index >= 15 is 0 Å². The Hall–Kier alpha value is -2.84. The van der Waals surface area contributed by atoms with Crippen LogP contribution in [0, 0.1) is 0 Å². The Labute approximate surface area is 184 Å². The van der Waals surface area contributed by atoms with Gasteiger partial charge in [-0.25, -0.2) is 0 Å². The monoisotopic (exact) mass is 443 g/mol. The average Bonchev–Trinajstić information content (AvgIpc) is 2.75. The summed E-state index contributed by atoms with van der Waals surface area (Å²) in [5.74, 6) is 0. The first-order chi connectivity index (χ1) is 13.8. The van der Waals surface area contributed by atoms with E-state index in [-0.39, 0.29) is 17.0 Å². The van der Waals surface area contributed by atoms with Gasteiger partial charge in [-0.3, -0.25) is 0 Å². The molecule has 0 spiro atoms. The van der Waals surface area contributed by atoms with E-state index in [0.717, 1.165) is 24.9 Å². The van der Waals surface area contributed by atoms with Gasteiger partial charge < -0.3 is 5.73 Å². The molecule has 0 aliphatic rings. The van der Waals surface area contributed by atoms with Crippen molar-refractivity contribution in [3.05, 3.63) is 137 Å². The lowest BCUT2D eigenvalue weighted by Gasteiger charge is -2.18. The molecule has 4 rings (SSSR count). The molecule has 0 atom stereocenters. The van der Waals surface area contributed by atoms with Crippen molar-refractivity contribution in [2.75, 3.05) is 5.73 Å². The van der Waals surface area contributed by atoms with E-state index in [0.29, 0.717) is 0 Å². The lowest BCUT2D eigenvalue weighted by Crippen LogP contribution is -2.07. The first kappa shape index (κ1) is 20.9. The van der Waals surface area contributed by atoms with E-state index in [1.165, 1.54) is 33.4 Å². The molecule has 0 heterocycles. The summed E-state index contributed by atoms with van der Waals surface area (Å²) in [5.41, 5.74) is 15.3. The van der Waals surface area contributed by atoms with E-state index in [4.69, 9.17) is 5.73 Å². The van der Waals surface area contributed by atoms with Crippen LogP contribution < -0.4 is 5.73 Å². The second-order valence-corrected chi connectivity index (χ2v) is 7.26. The Bertz CT molecular complexity index is 1030. The van der Waals surface area contributed by atoms with Crippen LogP contribution in [0.3, 0.4) is 0 Å². The second kappa shape index (κ2) is 10.1.